The van der Waals surface area contributed by atoms with Crippen molar-refractivity contribution in [3.05, 3.63) is 23.2 Å². The average molecular weight is 283 g/mol. The largest absolute Gasteiger partial charge is 0.349 e. The van der Waals surface area contributed by atoms with Gasteiger partial charge in [0.25, 0.3) is 5.91 Å². The summed E-state index contributed by atoms with van der Waals surface area (Å²) in [5.74, 6) is -0.197. The van der Waals surface area contributed by atoms with E-state index in [1.807, 2.05) is 0 Å². The molecule has 0 aromatic carbocycles. The van der Waals surface area contributed by atoms with E-state index in [4.69, 9.17) is 11.6 Å². The third kappa shape index (κ3) is 3.22. The van der Waals surface area contributed by atoms with Crippen molar-refractivity contribution in [1.82, 2.24) is 20.2 Å². The van der Waals surface area contributed by atoms with Gasteiger partial charge in [0.05, 0.1) is 12.4 Å². The molecule has 1 aliphatic rings. The van der Waals surface area contributed by atoms with Crippen molar-refractivity contribution in [1.29, 1.82) is 0 Å². The van der Waals surface area contributed by atoms with Gasteiger partial charge >= 0.3 is 0 Å². The van der Waals surface area contributed by atoms with Crippen LogP contribution >= 0.6 is 11.6 Å². The van der Waals surface area contributed by atoms with Crippen molar-refractivity contribution in [2.75, 3.05) is 20.6 Å². The summed E-state index contributed by atoms with van der Waals surface area (Å²) in [6.07, 6.45) is 7.45. The number of halogens is 1. The fraction of sp³-hybridized carbons (Fsp3) is 0.615. The molecule has 1 amide bonds. The Morgan fingerprint density at radius 3 is 2.58 bits per heavy atom. The Morgan fingerprint density at radius 2 is 2.05 bits per heavy atom. The fourth-order valence-electron chi connectivity index (χ4n) is 2.58. The molecule has 104 valence electrons. The minimum Gasteiger partial charge on any atom is -0.349 e. The van der Waals surface area contributed by atoms with Gasteiger partial charge < -0.3 is 10.2 Å². The second kappa shape index (κ2) is 5.84. The first-order chi connectivity index (χ1) is 9.03. The molecule has 0 radical (unpaired) electrons. The van der Waals surface area contributed by atoms with Crippen molar-refractivity contribution in [3.8, 4) is 0 Å². The maximum absolute atomic E-state index is 12.0. The Labute approximate surface area is 118 Å². The monoisotopic (exact) mass is 282 g/mol. The molecule has 5 nitrogen and oxygen atoms in total. The van der Waals surface area contributed by atoms with Crippen LogP contribution in [0.1, 0.15) is 36.2 Å². The van der Waals surface area contributed by atoms with Crippen LogP contribution in [-0.2, 0) is 0 Å². The molecule has 2 rings (SSSR count). The predicted molar refractivity (Wildman–Crippen MR) is 74.3 cm³/mol. The number of hydrogen-bond donors (Lipinski definition) is 1. The Kier molecular flexibility index (Phi) is 4.37. The number of nitrogens with one attached hydrogen (secondary N) is 1. The first kappa shape index (κ1) is 14.2. The van der Waals surface area contributed by atoms with Crippen LogP contribution in [0.2, 0.25) is 5.15 Å². The van der Waals surface area contributed by atoms with Crippen molar-refractivity contribution in [3.63, 3.8) is 0 Å². The molecular weight excluding hydrogens is 264 g/mol. The maximum atomic E-state index is 12.0. The summed E-state index contributed by atoms with van der Waals surface area (Å²) < 4.78 is 0. The summed E-state index contributed by atoms with van der Waals surface area (Å²) in [6.45, 7) is 0.642. The second-order valence-electron chi connectivity index (χ2n) is 5.23. The van der Waals surface area contributed by atoms with Crippen LogP contribution in [0.4, 0.5) is 0 Å². The SMILES string of the molecule is CN(C)C1(CNC(=O)c2cnc(Cl)cn2)CCCC1. The number of aromatic nitrogens is 2. The van der Waals surface area contributed by atoms with Crippen molar-refractivity contribution in [2.45, 2.75) is 31.2 Å². The zero-order chi connectivity index (χ0) is 13.9. The zero-order valence-corrected chi connectivity index (χ0v) is 12.1. The van der Waals surface area contributed by atoms with Crippen molar-refractivity contribution < 1.29 is 4.79 Å². The van der Waals surface area contributed by atoms with Crippen LogP contribution < -0.4 is 5.32 Å². The van der Waals surface area contributed by atoms with Gasteiger partial charge in [0.1, 0.15) is 10.8 Å². The summed E-state index contributed by atoms with van der Waals surface area (Å²) >= 11 is 5.65. The predicted octanol–water partition coefficient (Wildman–Crippen LogP) is 1.73. The lowest BCUT2D eigenvalue weighted by Crippen LogP contribution is -2.50. The van der Waals surface area contributed by atoms with Gasteiger partial charge in [-0.15, -0.1) is 0 Å². The van der Waals surface area contributed by atoms with Gasteiger partial charge in [-0.1, -0.05) is 24.4 Å². The minimum atomic E-state index is -0.197. The van der Waals surface area contributed by atoms with Crippen molar-refractivity contribution >= 4 is 17.5 Å². The number of hydrogen-bond acceptors (Lipinski definition) is 4. The fourth-order valence-corrected chi connectivity index (χ4v) is 2.68. The summed E-state index contributed by atoms with van der Waals surface area (Å²) in [6, 6.07) is 0. The Hall–Kier alpha value is -1.20. The highest BCUT2D eigenvalue weighted by atomic mass is 35.5. The van der Waals surface area contributed by atoms with Crippen LogP contribution in [0.5, 0.6) is 0 Å². The Bertz CT molecular complexity index is 440. The zero-order valence-electron chi connectivity index (χ0n) is 11.3. The molecule has 0 bridgehead atoms. The van der Waals surface area contributed by atoms with E-state index >= 15 is 0 Å². The first-order valence-corrected chi connectivity index (χ1v) is 6.84. The van der Waals surface area contributed by atoms with Crippen LogP contribution in [0, 0.1) is 0 Å². The third-order valence-electron chi connectivity index (χ3n) is 3.91. The first-order valence-electron chi connectivity index (χ1n) is 6.47. The molecule has 0 saturated heterocycles. The second-order valence-corrected chi connectivity index (χ2v) is 5.62. The smallest absolute Gasteiger partial charge is 0.271 e. The maximum Gasteiger partial charge on any atom is 0.271 e. The molecule has 0 unspecified atom stereocenters. The van der Waals surface area contributed by atoms with Gasteiger partial charge in [0.15, 0.2) is 0 Å². The molecule has 0 spiro atoms. The molecule has 0 aliphatic heterocycles. The lowest BCUT2D eigenvalue weighted by Gasteiger charge is -2.36. The van der Waals surface area contributed by atoms with E-state index in [9.17, 15) is 4.79 Å². The summed E-state index contributed by atoms with van der Waals surface area (Å²) in [5, 5.41) is 3.25. The highest BCUT2D eigenvalue weighted by molar-refractivity contribution is 6.29. The van der Waals surface area contributed by atoms with Gasteiger partial charge in [-0.3, -0.25) is 4.79 Å². The standard InChI is InChI=1S/C13H19ClN4O/c1-18(2)13(5-3-4-6-13)9-17-12(19)10-7-16-11(14)8-15-10/h7-8H,3-6,9H2,1-2H3,(H,17,19). The summed E-state index contributed by atoms with van der Waals surface area (Å²) in [7, 11) is 4.14. The van der Waals surface area contributed by atoms with Crippen LogP contribution in [0.25, 0.3) is 0 Å². The van der Waals surface area contributed by atoms with Gasteiger partial charge in [-0.25, -0.2) is 9.97 Å². The number of likely N-dealkylation sites (N-methyl/N-ethyl adjacent to an activating group) is 1. The van der Waals surface area contributed by atoms with E-state index in [-0.39, 0.29) is 16.6 Å². The van der Waals surface area contributed by atoms with Crippen molar-refractivity contribution in [2.24, 2.45) is 0 Å². The minimum absolute atomic E-state index is 0.0789. The van der Waals surface area contributed by atoms with E-state index in [2.05, 4.69) is 34.3 Å². The molecule has 1 heterocycles. The van der Waals surface area contributed by atoms with Gasteiger partial charge in [0.2, 0.25) is 0 Å². The van der Waals surface area contributed by atoms with E-state index < -0.39 is 0 Å². The number of carbonyl (C=O) groups is 1. The molecule has 1 fully saturated rings. The molecule has 1 aromatic rings. The van der Waals surface area contributed by atoms with E-state index in [0.29, 0.717) is 12.2 Å². The lowest BCUT2D eigenvalue weighted by molar-refractivity contribution is 0.0894. The highest BCUT2D eigenvalue weighted by Crippen LogP contribution is 2.33. The lowest BCUT2D eigenvalue weighted by atomic mass is 9.96. The highest BCUT2D eigenvalue weighted by Gasteiger charge is 2.36. The molecule has 19 heavy (non-hydrogen) atoms. The van der Waals surface area contributed by atoms with E-state index in [1.165, 1.54) is 25.2 Å². The average Bonchev–Trinajstić information content (AvgIpc) is 2.87. The molecule has 6 heteroatoms. The topological polar surface area (TPSA) is 58.1 Å². The van der Waals surface area contributed by atoms with Gasteiger partial charge in [0, 0.05) is 12.1 Å². The van der Waals surface area contributed by atoms with Crippen LogP contribution in [-0.4, -0.2) is 47.0 Å². The van der Waals surface area contributed by atoms with Gasteiger partial charge in [-0.05, 0) is 26.9 Å². The van der Waals surface area contributed by atoms with E-state index in [1.54, 1.807) is 0 Å². The molecule has 0 atom stereocenters. The molecule has 1 aromatic heterocycles. The number of rotatable bonds is 4. The number of amides is 1. The third-order valence-corrected chi connectivity index (χ3v) is 4.11. The van der Waals surface area contributed by atoms with Gasteiger partial charge in [-0.2, -0.15) is 0 Å². The quantitative estimate of drug-likeness (QED) is 0.914. The molecular formula is C13H19ClN4O. The number of nitrogens with zero attached hydrogens (tertiary/aromatic N) is 3. The molecule has 1 saturated carbocycles. The Morgan fingerprint density at radius 1 is 1.37 bits per heavy atom. The summed E-state index contributed by atoms with van der Waals surface area (Å²) in [5.41, 5.74) is 0.381. The Balaban J connectivity index is 1.97. The van der Waals surface area contributed by atoms with Crippen LogP contribution in [0.3, 0.4) is 0 Å². The summed E-state index contributed by atoms with van der Waals surface area (Å²) in [4.78, 5) is 22.1. The van der Waals surface area contributed by atoms with Crippen LogP contribution in [0.15, 0.2) is 12.4 Å². The molecule has 1 aliphatic carbocycles. The number of carbonyl (C=O) groups excluding carboxylic acids is 1. The molecule has 1 N–H and O–H groups in total. The normalized spacial score (nSPS) is 17.7. The van der Waals surface area contributed by atoms with E-state index in [0.717, 1.165) is 12.8 Å².